The molecule has 0 aliphatic heterocycles. The highest BCUT2D eigenvalue weighted by Gasteiger charge is 2.31. The molecule has 0 bridgehead atoms. The smallest absolute Gasteiger partial charge is 0.260 e. The van der Waals surface area contributed by atoms with Gasteiger partial charge in [0.25, 0.3) is 5.91 Å². The number of benzene rings is 1. The van der Waals surface area contributed by atoms with E-state index in [9.17, 15) is 9.18 Å². The molecule has 1 aromatic carbocycles. The van der Waals surface area contributed by atoms with Gasteiger partial charge in [-0.1, -0.05) is 12.1 Å². The fourth-order valence-corrected chi connectivity index (χ4v) is 1.18. The lowest BCUT2D eigenvalue weighted by molar-refractivity contribution is -0.134. The third kappa shape index (κ3) is 3.71. The zero-order valence-electron chi connectivity index (χ0n) is 9.87. The number of hydrogen-bond acceptors (Lipinski definition) is 3. The van der Waals surface area contributed by atoms with Crippen molar-refractivity contribution in [2.45, 2.75) is 19.1 Å². The van der Waals surface area contributed by atoms with Gasteiger partial charge in [-0.05, 0) is 24.6 Å². The molecule has 1 unspecified atom stereocenters. The van der Waals surface area contributed by atoms with Crippen LogP contribution in [0.3, 0.4) is 0 Å². The van der Waals surface area contributed by atoms with E-state index in [1.54, 1.807) is 31.4 Å². The Morgan fingerprint density at radius 3 is 2.53 bits per heavy atom. The maximum Gasteiger partial charge on any atom is 0.260 e. The first-order valence-electron chi connectivity index (χ1n) is 5.20. The van der Waals surface area contributed by atoms with Crippen molar-refractivity contribution in [2.75, 3.05) is 13.7 Å². The van der Waals surface area contributed by atoms with Crippen LogP contribution in [0.15, 0.2) is 24.3 Å². The van der Waals surface area contributed by atoms with Gasteiger partial charge in [-0.2, -0.15) is 0 Å². The van der Waals surface area contributed by atoms with E-state index in [4.69, 9.17) is 9.84 Å². The topological polar surface area (TPSA) is 58.6 Å². The third-order valence-corrected chi connectivity index (χ3v) is 2.38. The molecule has 0 saturated heterocycles. The summed E-state index contributed by atoms with van der Waals surface area (Å²) in [5.74, 6) is -0.110. The maximum absolute atomic E-state index is 13.4. The predicted octanol–water partition coefficient (Wildman–Crippen LogP) is 1.03. The van der Waals surface area contributed by atoms with E-state index in [1.165, 1.54) is 0 Å². The molecule has 0 aliphatic carbocycles. The molecular formula is C12H16FNO3. The number of hydrogen-bond donors (Lipinski definition) is 2. The van der Waals surface area contributed by atoms with E-state index in [0.29, 0.717) is 5.75 Å². The van der Waals surface area contributed by atoms with Crippen molar-refractivity contribution in [3.8, 4) is 5.75 Å². The van der Waals surface area contributed by atoms with Crippen molar-refractivity contribution in [2.24, 2.45) is 0 Å². The Labute approximate surface area is 99.4 Å². The minimum atomic E-state index is -2.24. The van der Waals surface area contributed by atoms with E-state index in [1.807, 2.05) is 0 Å². The first kappa shape index (κ1) is 13.4. The fourth-order valence-electron chi connectivity index (χ4n) is 1.18. The van der Waals surface area contributed by atoms with Crippen molar-refractivity contribution in [3.63, 3.8) is 0 Å². The minimum absolute atomic E-state index is 0.211. The molecule has 0 saturated carbocycles. The number of methoxy groups -OCH3 is 1. The Morgan fingerprint density at radius 1 is 1.47 bits per heavy atom. The molecule has 4 nitrogen and oxygen atoms in total. The molecule has 0 heterocycles. The molecule has 0 aromatic heterocycles. The summed E-state index contributed by atoms with van der Waals surface area (Å²) < 4.78 is 18.3. The highest BCUT2D eigenvalue weighted by Crippen LogP contribution is 2.12. The number of amides is 1. The van der Waals surface area contributed by atoms with Crippen LogP contribution in [0.25, 0.3) is 0 Å². The SMILES string of the molecule is COc1ccc(CNC(=O)C(C)(F)CO)cc1. The van der Waals surface area contributed by atoms with Crippen LogP contribution in [0.1, 0.15) is 12.5 Å². The van der Waals surface area contributed by atoms with Gasteiger partial charge in [0, 0.05) is 6.54 Å². The normalized spacial score (nSPS) is 13.9. The Hall–Kier alpha value is -1.62. The van der Waals surface area contributed by atoms with Gasteiger partial charge in [-0.25, -0.2) is 4.39 Å². The van der Waals surface area contributed by atoms with Gasteiger partial charge in [0.15, 0.2) is 0 Å². The highest BCUT2D eigenvalue weighted by molar-refractivity contribution is 5.84. The Bertz CT molecular complexity index is 376. The van der Waals surface area contributed by atoms with Crippen LogP contribution in [0.2, 0.25) is 0 Å². The van der Waals surface area contributed by atoms with Crippen molar-refractivity contribution < 1.29 is 19.0 Å². The molecule has 0 radical (unpaired) electrons. The molecule has 1 aromatic rings. The maximum atomic E-state index is 13.4. The number of alkyl halides is 1. The van der Waals surface area contributed by atoms with Gasteiger partial charge in [-0.3, -0.25) is 4.79 Å². The van der Waals surface area contributed by atoms with Crippen molar-refractivity contribution in [3.05, 3.63) is 29.8 Å². The molecule has 17 heavy (non-hydrogen) atoms. The quantitative estimate of drug-likeness (QED) is 0.809. The zero-order valence-corrected chi connectivity index (χ0v) is 9.87. The predicted molar refractivity (Wildman–Crippen MR) is 61.4 cm³/mol. The number of aliphatic hydroxyl groups is 1. The van der Waals surface area contributed by atoms with Crippen molar-refractivity contribution >= 4 is 5.91 Å². The minimum Gasteiger partial charge on any atom is -0.497 e. The number of carbonyl (C=O) groups is 1. The van der Waals surface area contributed by atoms with Crippen LogP contribution in [0, 0.1) is 0 Å². The van der Waals surface area contributed by atoms with E-state index in [2.05, 4.69) is 5.32 Å². The first-order chi connectivity index (χ1) is 7.99. The molecule has 0 fully saturated rings. The highest BCUT2D eigenvalue weighted by atomic mass is 19.1. The number of nitrogens with one attached hydrogen (secondary N) is 1. The van der Waals surface area contributed by atoms with Gasteiger partial charge in [0.2, 0.25) is 5.67 Å². The van der Waals surface area contributed by atoms with E-state index < -0.39 is 18.2 Å². The summed E-state index contributed by atoms with van der Waals surface area (Å²) >= 11 is 0. The van der Waals surface area contributed by atoms with Crippen molar-refractivity contribution in [1.82, 2.24) is 5.32 Å². The van der Waals surface area contributed by atoms with Gasteiger partial charge < -0.3 is 15.2 Å². The molecule has 1 amide bonds. The number of rotatable bonds is 5. The van der Waals surface area contributed by atoms with E-state index in [0.717, 1.165) is 12.5 Å². The lowest BCUT2D eigenvalue weighted by Gasteiger charge is -2.16. The Balaban J connectivity index is 2.53. The van der Waals surface area contributed by atoms with Crippen LogP contribution in [0.5, 0.6) is 5.75 Å². The lowest BCUT2D eigenvalue weighted by atomic mass is 10.1. The number of halogens is 1. The van der Waals surface area contributed by atoms with Crippen LogP contribution in [-0.4, -0.2) is 30.4 Å². The lowest BCUT2D eigenvalue weighted by Crippen LogP contribution is -2.43. The Kier molecular flexibility index (Phi) is 4.45. The molecule has 5 heteroatoms. The van der Waals surface area contributed by atoms with Gasteiger partial charge in [0.05, 0.1) is 13.7 Å². The molecule has 0 aliphatic rings. The summed E-state index contributed by atoms with van der Waals surface area (Å²) in [5.41, 5.74) is -1.42. The average molecular weight is 241 g/mol. The second kappa shape index (κ2) is 5.63. The van der Waals surface area contributed by atoms with Crippen LogP contribution >= 0.6 is 0 Å². The van der Waals surface area contributed by atoms with Gasteiger partial charge in [0.1, 0.15) is 5.75 Å². The average Bonchev–Trinajstić information content (AvgIpc) is 2.36. The fraction of sp³-hybridized carbons (Fsp3) is 0.417. The van der Waals surface area contributed by atoms with E-state index >= 15 is 0 Å². The van der Waals surface area contributed by atoms with Crippen LogP contribution < -0.4 is 10.1 Å². The third-order valence-electron chi connectivity index (χ3n) is 2.38. The summed E-state index contributed by atoms with van der Waals surface area (Å²) in [6.07, 6.45) is 0. The number of aliphatic hydroxyl groups excluding tert-OH is 1. The second-order valence-corrected chi connectivity index (χ2v) is 3.89. The first-order valence-corrected chi connectivity index (χ1v) is 5.20. The summed E-state index contributed by atoms with van der Waals surface area (Å²) in [4.78, 5) is 11.3. The molecule has 1 rings (SSSR count). The van der Waals surface area contributed by atoms with Gasteiger partial charge in [-0.15, -0.1) is 0 Å². The number of carbonyl (C=O) groups excluding carboxylic acids is 1. The molecule has 94 valence electrons. The molecular weight excluding hydrogens is 225 g/mol. The molecule has 2 N–H and O–H groups in total. The van der Waals surface area contributed by atoms with Crippen molar-refractivity contribution in [1.29, 1.82) is 0 Å². The Morgan fingerprint density at radius 2 is 2.06 bits per heavy atom. The largest absolute Gasteiger partial charge is 0.497 e. The number of ether oxygens (including phenoxy) is 1. The molecule has 1 atom stereocenters. The summed E-state index contributed by atoms with van der Waals surface area (Å²) in [5, 5.41) is 11.1. The summed E-state index contributed by atoms with van der Waals surface area (Å²) in [6, 6.07) is 7.05. The monoisotopic (exact) mass is 241 g/mol. The van der Waals surface area contributed by atoms with Crippen LogP contribution in [0.4, 0.5) is 4.39 Å². The molecule has 0 spiro atoms. The van der Waals surface area contributed by atoms with Gasteiger partial charge >= 0.3 is 0 Å². The second-order valence-electron chi connectivity index (χ2n) is 3.89. The van der Waals surface area contributed by atoms with Crippen LogP contribution in [-0.2, 0) is 11.3 Å². The van der Waals surface area contributed by atoms with E-state index in [-0.39, 0.29) is 6.54 Å². The zero-order chi connectivity index (χ0) is 12.9. The summed E-state index contributed by atoms with van der Waals surface area (Å²) in [6.45, 7) is 0.417. The standard InChI is InChI=1S/C12H16FNO3/c1-12(13,8-15)11(16)14-7-9-3-5-10(17-2)6-4-9/h3-6,15H,7-8H2,1-2H3,(H,14,16). The summed E-state index contributed by atoms with van der Waals surface area (Å²) in [7, 11) is 1.56.